The van der Waals surface area contributed by atoms with E-state index in [0.29, 0.717) is 35.9 Å². The van der Waals surface area contributed by atoms with Gasteiger partial charge in [-0.3, -0.25) is 5.10 Å². The van der Waals surface area contributed by atoms with Crippen molar-refractivity contribution in [3.63, 3.8) is 0 Å². The van der Waals surface area contributed by atoms with E-state index in [-0.39, 0.29) is 18.0 Å². The number of hydrogen-bond acceptors (Lipinski definition) is 10. The molecule has 2 aromatic carbocycles. The number of carbonyl (C=O) groups is 1. The number of nitrogen functional groups attached to an aromatic ring is 1. The number of nitrogens with one attached hydrogen (secondary N) is 3. The molecule has 11 heteroatoms. The number of fused-ring (bicyclic) bond motifs is 2. The van der Waals surface area contributed by atoms with E-state index in [1.807, 2.05) is 29.2 Å². The van der Waals surface area contributed by atoms with Crippen LogP contribution in [0.2, 0.25) is 0 Å². The van der Waals surface area contributed by atoms with E-state index in [9.17, 15) is 9.90 Å². The van der Waals surface area contributed by atoms with Crippen molar-refractivity contribution in [2.24, 2.45) is 0 Å². The van der Waals surface area contributed by atoms with Gasteiger partial charge in [0, 0.05) is 24.0 Å². The molecule has 180 valence electrons. The Bertz CT molecular complexity index is 1340. The van der Waals surface area contributed by atoms with Crippen LogP contribution in [0.3, 0.4) is 0 Å². The van der Waals surface area contributed by atoms with E-state index in [2.05, 4.69) is 30.8 Å². The normalized spacial score (nSPS) is 15.9. The molecule has 4 aromatic rings. The van der Waals surface area contributed by atoms with E-state index >= 15 is 0 Å². The molecule has 0 aliphatic carbocycles. The largest absolute Gasteiger partial charge is 0.462 e. The molecule has 2 aromatic heterocycles. The fourth-order valence-electron chi connectivity index (χ4n) is 4.26. The van der Waals surface area contributed by atoms with Crippen LogP contribution in [0, 0.1) is 0 Å². The molecule has 0 fully saturated rings. The number of aliphatic hydroxyl groups excluding tert-OH is 1. The van der Waals surface area contributed by atoms with Crippen LogP contribution in [-0.2, 0) is 11.2 Å². The Morgan fingerprint density at radius 2 is 2.06 bits per heavy atom. The zero-order valence-electron chi connectivity index (χ0n) is 19.1. The first-order chi connectivity index (χ1) is 17.0. The lowest BCUT2D eigenvalue weighted by atomic mass is 9.98. The molecule has 2 unspecified atom stereocenters. The van der Waals surface area contributed by atoms with E-state index in [1.165, 1.54) is 0 Å². The van der Waals surface area contributed by atoms with Crippen molar-refractivity contribution >= 4 is 40.1 Å². The molecule has 0 amide bonds. The van der Waals surface area contributed by atoms with Crippen LogP contribution >= 0.6 is 0 Å². The van der Waals surface area contributed by atoms with E-state index in [4.69, 9.17) is 10.5 Å². The Kier molecular flexibility index (Phi) is 6.06. The average Bonchev–Trinajstić information content (AvgIpc) is 3.33. The van der Waals surface area contributed by atoms with Crippen molar-refractivity contribution in [1.29, 1.82) is 0 Å². The Morgan fingerprint density at radius 3 is 2.86 bits per heavy atom. The van der Waals surface area contributed by atoms with E-state index in [1.54, 1.807) is 37.4 Å². The van der Waals surface area contributed by atoms with Gasteiger partial charge in [-0.1, -0.05) is 18.2 Å². The van der Waals surface area contributed by atoms with Gasteiger partial charge in [-0.05, 0) is 49.2 Å². The minimum Gasteiger partial charge on any atom is -0.462 e. The number of nitrogens with zero attached hydrogens (tertiary/aromatic N) is 4. The second-order valence-electron chi connectivity index (χ2n) is 8.20. The van der Waals surface area contributed by atoms with Gasteiger partial charge >= 0.3 is 5.97 Å². The van der Waals surface area contributed by atoms with Gasteiger partial charge in [-0.15, -0.1) is 0 Å². The van der Waals surface area contributed by atoms with Crippen LogP contribution < -0.4 is 21.3 Å². The van der Waals surface area contributed by atoms with Crippen molar-refractivity contribution in [2.75, 3.05) is 34.4 Å². The predicted molar refractivity (Wildman–Crippen MR) is 133 cm³/mol. The topological polar surface area (TPSA) is 154 Å². The first-order valence-corrected chi connectivity index (χ1v) is 11.3. The van der Waals surface area contributed by atoms with Crippen LogP contribution in [-0.4, -0.2) is 56.8 Å². The predicted octanol–water partition coefficient (Wildman–Crippen LogP) is 2.34. The molecule has 1 aliphatic rings. The maximum Gasteiger partial charge on any atom is 0.338 e. The standard InChI is InChI=1S/C24H26N8O3/c1-2-35-22(33)14-7-9-16(10-8-14)28-24(34)32-13-17(11-15-5-3-4-6-19(15)32)27-20-18-12-26-31-21(18)30-23(25)29-20/h3-10,12,17,24,28,34H,2,11,13H2,1H3,(H4,25,26,27,29,30,31). The number of ether oxygens (including phenoxy) is 1. The van der Waals surface area contributed by atoms with Gasteiger partial charge in [0.15, 0.2) is 5.65 Å². The first-order valence-electron chi connectivity index (χ1n) is 11.3. The number of benzene rings is 2. The molecule has 11 nitrogen and oxygen atoms in total. The minimum atomic E-state index is -1.02. The Labute approximate surface area is 201 Å². The lowest BCUT2D eigenvalue weighted by molar-refractivity contribution is 0.0526. The third-order valence-corrected chi connectivity index (χ3v) is 5.84. The molecule has 6 N–H and O–H groups in total. The van der Waals surface area contributed by atoms with Crippen molar-refractivity contribution in [1.82, 2.24) is 20.2 Å². The number of anilines is 4. The average molecular weight is 475 g/mol. The maximum atomic E-state index is 11.9. The van der Waals surface area contributed by atoms with Gasteiger partial charge in [-0.2, -0.15) is 15.1 Å². The van der Waals surface area contributed by atoms with Gasteiger partial charge in [0.25, 0.3) is 0 Å². The summed E-state index contributed by atoms with van der Waals surface area (Å²) in [6, 6.07) is 14.7. The van der Waals surface area contributed by atoms with Crippen molar-refractivity contribution in [2.45, 2.75) is 25.7 Å². The molecular weight excluding hydrogens is 448 g/mol. The summed E-state index contributed by atoms with van der Waals surface area (Å²) in [5.41, 5.74) is 9.57. The molecule has 0 bridgehead atoms. The van der Waals surface area contributed by atoms with Gasteiger partial charge in [0.05, 0.1) is 23.8 Å². The fourth-order valence-corrected chi connectivity index (χ4v) is 4.26. The second-order valence-corrected chi connectivity index (χ2v) is 8.20. The number of esters is 1. The number of para-hydroxylation sites is 1. The molecule has 0 spiro atoms. The summed E-state index contributed by atoms with van der Waals surface area (Å²) in [6.07, 6.45) is 1.37. The summed E-state index contributed by atoms with van der Waals surface area (Å²) in [4.78, 5) is 22.3. The zero-order valence-corrected chi connectivity index (χ0v) is 19.1. The quantitative estimate of drug-likeness (QED) is 0.199. The lowest BCUT2D eigenvalue weighted by Crippen LogP contribution is -2.50. The first kappa shape index (κ1) is 22.4. The third-order valence-electron chi connectivity index (χ3n) is 5.84. The highest BCUT2D eigenvalue weighted by atomic mass is 16.5. The number of aromatic amines is 1. The van der Waals surface area contributed by atoms with Gasteiger partial charge < -0.3 is 31.1 Å². The van der Waals surface area contributed by atoms with Gasteiger partial charge in [-0.25, -0.2) is 4.79 Å². The van der Waals surface area contributed by atoms with Crippen molar-refractivity contribution in [3.05, 3.63) is 65.9 Å². The molecule has 0 saturated heterocycles. The van der Waals surface area contributed by atoms with Crippen molar-refractivity contribution < 1.29 is 14.6 Å². The summed E-state index contributed by atoms with van der Waals surface area (Å²) in [6.45, 7) is 2.57. The molecule has 2 atom stereocenters. The highest BCUT2D eigenvalue weighted by Gasteiger charge is 2.29. The van der Waals surface area contributed by atoms with Gasteiger partial charge in [0.1, 0.15) is 5.82 Å². The number of hydrogen-bond donors (Lipinski definition) is 5. The van der Waals surface area contributed by atoms with Crippen LogP contribution in [0.1, 0.15) is 22.8 Å². The monoisotopic (exact) mass is 474 g/mol. The number of rotatable bonds is 7. The van der Waals surface area contributed by atoms with E-state index < -0.39 is 6.35 Å². The lowest BCUT2D eigenvalue weighted by Gasteiger charge is -2.39. The zero-order chi connectivity index (χ0) is 24.4. The van der Waals surface area contributed by atoms with Gasteiger partial charge in [0.2, 0.25) is 12.3 Å². The molecule has 0 saturated carbocycles. The molecular formula is C24H26N8O3. The summed E-state index contributed by atoms with van der Waals surface area (Å²) in [5, 5.41) is 25.3. The molecule has 5 rings (SSSR count). The highest BCUT2D eigenvalue weighted by molar-refractivity contribution is 5.90. The highest BCUT2D eigenvalue weighted by Crippen LogP contribution is 2.30. The maximum absolute atomic E-state index is 11.9. The van der Waals surface area contributed by atoms with Crippen molar-refractivity contribution in [3.8, 4) is 0 Å². The molecule has 3 heterocycles. The summed E-state index contributed by atoms with van der Waals surface area (Å²) >= 11 is 0. The third kappa shape index (κ3) is 4.66. The molecule has 1 aliphatic heterocycles. The summed E-state index contributed by atoms with van der Waals surface area (Å²) in [7, 11) is 0. The number of H-pyrrole nitrogens is 1. The number of carbonyl (C=O) groups excluding carboxylic acids is 1. The fraction of sp³-hybridized carbons (Fsp3) is 0.250. The van der Waals surface area contributed by atoms with Crippen LogP contribution in [0.25, 0.3) is 11.0 Å². The van der Waals surface area contributed by atoms with Crippen LogP contribution in [0.15, 0.2) is 54.7 Å². The summed E-state index contributed by atoms with van der Waals surface area (Å²) in [5.74, 6) is 0.350. The SMILES string of the molecule is CCOC(=O)c1ccc(NC(O)N2CC(Nc3nc(N)nc4[nH]ncc34)Cc3ccccc32)cc1. The Morgan fingerprint density at radius 1 is 1.26 bits per heavy atom. The Hall–Kier alpha value is -4.38. The number of nitrogens with two attached hydrogens (primary N) is 1. The second kappa shape index (κ2) is 9.47. The molecule has 35 heavy (non-hydrogen) atoms. The van der Waals surface area contributed by atoms with E-state index in [0.717, 1.165) is 23.1 Å². The number of aromatic nitrogens is 4. The summed E-state index contributed by atoms with van der Waals surface area (Å²) < 4.78 is 5.03. The molecule has 0 radical (unpaired) electrons. The minimum absolute atomic E-state index is 0.0695. The number of aliphatic hydroxyl groups is 1. The van der Waals surface area contributed by atoms with Crippen LogP contribution in [0.5, 0.6) is 0 Å². The Balaban J connectivity index is 1.36. The van der Waals surface area contributed by atoms with Crippen LogP contribution in [0.4, 0.5) is 23.1 Å². The smallest absolute Gasteiger partial charge is 0.338 e.